The first-order valence-corrected chi connectivity index (χ1v) is 10.3. The number of carbonyl (C=O) groups is 1. The van der Waals surface area contributed by atoms with Gasteiger partial charge in [0.2, 0.25) is 5.82 Å². The van der Waals surface area contributed by atoms with Crippen molar-refractivity contribution < 1.29 is 28.2 Å². The number of methoxy groups -OCH3 is 1. The largest absolute Gasteiger partial charge is 0.479 e. The van der Waals surface area contributed by atoms with Gasteiger partial charge in [-0.25, -0.2) is 23.2 Å². The van der Waals surface area contributed by atoms with Gasteiger partial charge in [-0.1, -0.05) is 29.3 Å². The molecule has 0 aliphatic rings. The van der Waals surface area contributed by atoms with Gasteiger partial charge in [0, 0.05) is 5.75 Å². The lowest BCUT2D eigenvalue weighted by Gasteiger charge is -2.12. The summed E-state index contributed by atoms with van der Waals surface area (Å²) in [7, 11) is -2.86. The van der Waals surface area contributed by atoms with Crippen molar-refractivity contribution in [1.82, 2.24) is 9.97 Å². The van der Waals surface area contributed by atoms with E-state index in [1.807, 2.05) is 0 Å². The molecule has 1 heterocycles. The monoisotopic (exact) mass is 453 g/mol. The van der Waals surface area contributed by atoms with Crippen LogP contribution in [0.4, 0.5) is 5.82 Å². The molecule has 0 radical (unpaired) electrons. The van der Waals surface area contributed by atoms with Crippen molar-refractivity contribution in [3.63, 3.8) is 0 Å². The van der Waals surface area contributed by atoms with Gasteiger partial charge < -0.3 is 14.9 Å². The highest BCUT2D eigenvalue weighted by molar-refractivity contribution is 7.99. The van der Waals surface area contributed by atoms with Crippen molar-refractivity contribution in [3.8, 4) is 5.88 Å². The molecule has 0 unspecified atom stereocenters. The van der Waals surface area contributed by atoms with Gasteiger partial charge in [-0.2, -0.15) is 0 Å². The summed E-state index contributed by atoms with van der Waals surface area (Å²) in [5, 5.41) is 18.1. The lowest BCUT2D eigenvalue weighted by molar-refractivity contribution is -0.145. The van der Waals surface area contributed by atoms with E-state index < -0.39 is 22.1 Å². The van der Waals surface area contributed by atoms with E-state index in [0.717, 1.165) is 11.8 Å². The predicted octanol–water partition coefficient (Wildman–Crippen LogP) is 2.13. The average Bonchev–Trinajstić information content (AvgIpc) is 2.62. The number of nitrogens with one attached hydrogen (secondary N) is 1. The van der Waals surface area contributed by atoms with E-state index in [1.165, 1.54) is 31.5 Å². The number of carboxylic acid groups (broad SMARTS) is 1. The topological polar surface area (TPSA) is 139 Å². The summed E-state index contributed by atoms with van der Waals surface area (Å²) >= 11 is 12.7. The normalized spacial score (nSPS) is 12.4. The molecule has 0 amide bonds. The molecule has 0 spiro atoms. The van der Waals surface area contributed by atoms with Crippen molar-refractivity contribution in [2.75, 3.05) is 17.6 Å². The Morgan fingerprint density at radius 1 is 1.41 bits per heavy atom. The van der Waals surface area contributed by atoms with Gasteiger partial charge in [-0.3, -0.25) is 4.72 Å². The average molecular weight is 454 g/mol. The minimum absolute atomic E-state index is 0.0707. The minimum atomic E-state index is -4.12. The molecule has 2 aromatic rings. The summed E-state index contributed by atoms with van der Waals surface area (Å²) < 4.78 is 32.3. The number of ether oxygens (including phenoxy) is 1. The van der Waals surface area contributed by atoms with Gasteiger partial charge >= 0.3 is 5.97 Å². The molecule has 0 fully saturated rings. The molecule has 0 saturated carbocycles. The Morgan fingerprint density at radius 2 is 2.11 bits per heavy atom. The summed E-state index contributed by atoms with van der Waals surface area (Å²) in [4.78, 5) is 18.3. The molecule has 1 atom stereocenters. The fraction of sp³-hybridized carbons (Fsp3) is 0.214. The summed E-state index contributed by atoms with van der Waals surface area (Å²) in [5.41, 5.74) is 0. The van der Waals surface area contributed by atoms with E-state index >= 15 is 0 Å². The number of halogens is 2. The molecule has 9 nitrogen and oxygen atoms in total. The summed E-state index contributed by atoms with van der Waals surface area (Å²) in [6.07, 6.45) is -0.370. The Kier molecular flexibility index (Phi) is 7.12. The molecule has 27 heavy (non-hydrogen) atoms. The number of aliphatic carboxylic acids is 1. The van der Waals surface area contributed by atoms with E-state index in [4.69, 9.17) is 33.0 Å². The highest BCUT2D eigenvalue weighted by Gasteiger charge is 2.23. The van der Waals surface area contributed by atoms with Crippen molar-refractivity contribution in [1.29, 1.82) is 0 Å². The summed E-state index contributed by atoms with van der Waals surface area (Å²) in [6, 6.07) is 4.15. The first kappa shape index (κ1) is 21.5. The molecule has 0 aliphatic carbocycles. The predicted molar refractivity (Wildman–Crippen MR) is 100 cm³/mol. The number of sulfonamides is 1. The van der Waals surface area contributed by atoms with Crippen LogP contribution in [0, 0.1) is 0 Å². The van der Waals surface area contributed by atoms with Crippen LogP contribution in [0.5, 0.6) is 5.88 Å². The first-order valence-electron chi connectivity index (χ1n) is 7.07. The van der Waals surface area contributed by atoms with Crippen molar-refractivity contribution in [2.45, 2.75) is 16.0 Å². The third kappa shape index (κ3) is 5.36. The van der Waals surface area contributed by atoms with Crippen LogP contribution >= 0.6 is 35.0 Å². The Hall–Kier alpha value is -1.79. The van der Waals surface area contributed by atoms with E-state index in [-0.39, 0.29) is 37.4 Å². The highest BCUT2D eigenvalue weighted by Crippen LogP contribution is 2.31. The highest BCUT2D eigenvalue weighted by atomic mass is 35.5. The van der Waals surface area contributed by atoms with Gasteiger partial charge in [-0.15, -0.1) is 11.8 Å². The summed E-state index contributed by atoms with van der Waals surface area (Å²) in [5.74, 6) is -1.88. The minimum Gasteiger partial charge on any atom is -0.479 e. The molecule has 1 aromatic heterocycles. The van der Waals surface area contributed by atoms with Gasteiger partial charge in [0.05, 0.1) is 23.4 Å². The zero-order valence-corrected chi connectivity index (χ0v) is 16.7. The van der Waals surface area contributed by atoms with Crippen molar-refractivity contribution in [3.05, 3.63) is 34.4 Å². The van der Waals surface area contributed by atoms with E-state index in [9.17, 15) is 18.3 Å². The second-order valence-corrected chi connectivity index (χ2v) is 8.36. The Labute approximate surface area is 168 Å². The third-order valence-corrected chi connectivity index (χ3v) is 6.31. The number of aliphatic hydroxyl groups excluding tert-OH is 1. The molecule has 0 aliphatic heterocycles. The van der Waals surface area contributed by atoms with Crippen LogP contribution in [0.1, 0.15) is 0 Å². The zero-order valence-electron chi connectivity index (χ0n) is 13.6. The van der Waals surface area contributed by atoms with Crippen LogP contribution in [0.3, 0.4) is 0 Å². The van der Waals surface area contributed by atoms with E-state index in [0.29, 0.717) is 0 Å². The van der Waals surface area contributed by atoms with Crippen LogP contribution in [0.15, 0.2) is 34.3 Å². The Morgan fingerprint density at radius 3 is 2.74 bits per heavy atom. The molecule has 2 rings (SSSR count). The Bertz CT molecular complexity index is 958. The SMILES string of the molecule is COc1nc(SC[C@H](O)C(=O)O)cnc1NS(=O)(=O)c1cccc(Cl)c1Cl. The van der Waals surface area contributed by atoms with Crippen LogP contribution in [-0.4, -0.2) is 53.5 Å². The fourth-order valence-electron chi connectivity index (χ4n) is 1.75. The number of hydrogen-bond donors (Lipinski definition) is 3. The Balaban J connectivity index is 2.26. The first-order chi connectivity index (χ1) is 12.7. The molecule has 0 saturated heterocycles. The standard InChI is InChI=1S/C14H13Cl2N3O6S2/c1-25-13-12(17-5-10(18-13)26-6-8(20)14(21)22)19-27(23,24)9-4-2-3-7(15)11(9)16/h2-5,8,20H,6H2,1H3,(H,17,19)(H,21,22)/t8-/m0/s1. The number of nitrogens with zero attached hydrogens (tertiary/aromatic N) is 2. The second kappa shape index (κ2) is 8.93. The van der Waals surface area contributed by atoms with Crippen LogP contribution < -0.4 is 9.46 Å². The molecule has 13 heteroatoms. The van der Waals surface area contributed by atoms with Gasteiger partial charge in [0.1, 0.15) is 9.92 Å². The quantitative estimate of drug-likeness (QED) is 0.512. The number of carboxylic acids is 1. The zero-order chi connectivity index (χ0) is 20.2. The maximum absolute atomic E-state index is 12.5. The van der Waals surface area contributed by atoms with E-state index in [1.54, 1.807) is 0 Å². The molecule has 146 valence electrons. The van der Waals surface area contributed by atoms with Crippen LogP contribution in [0.2, 0.25) is 10.0 Å². The smallest absolute Gasteiger partial charge is 0.333 e. The number of benzene rings is 1. The van der Waals surface area contributed by atoms with Crippen LogP contribution in [-0.2, 0) is 14.8 Å². The maximum atomic E-state index is 12.5. The molecule has 3 N–H and O–H groups in total. The van der Waals surface area contributed by atoms with E-state index in [2.05, 4.69) is 14.7 Å². The number of anilines is 1. The number of hydrogen-bond acceptors (Lipinski definition) is 8. The van der Waals surface area contributed by atoms with Crippen molar-refractivity contribution in [2.24, 2.45) is 0 Å². The summed E-state index contributed by atoms with van der Waals surface area (Å²) in [6.45, 7) is 0. The fourth-order valence-corrected chi connectivity index (χ4v) is 4.26. The number of thioether (sulfide) groups is 1. The van der Waals surface area contributed by atoms with Gasteiger partial charge in [-0.05, 0) is 12.1 Å². The lowest BCUT2D eigenvalue weighted by Crippen LogP contribution is -2.22. The maximum Gasteiger partial charge on any atom is 0.333 e. The number of aromatic nitrogens is 2. The van der Waals surface area contributed by atoms with Gasteiger partial charge in [0.15, 0.2) is 6.10 Å². The molecular weight excluding hydrogens is 441 g/mol. The lowest BCUT2D eigenvalue weighted by atomic mass is 10.4. The number of aliphatic hydroxyl groups is 1. The molecular formula is C14H13Cl2N3O6S2. The second-order valence-electron chi connectivity index (χ2n) is 4.89. The molecule has 1 aromatic carbocycles. The molecule has 0 bridgehead atoms. The third-order valence-electron chi connectivity index (χ3n) is 3.02. The van der Waals surface area contributed by atoms with Gasteiger partial charge in [0.25, 0.3) is 15.9 Å². The van der Waals surface area contributed by atoms with Crippen LogP contribution in [0.25, 0.3) is 0 Å². The van der Waals surface area contributed by atoms with Crippen molar-refractivity contribution >= 4 is 56.8 Å². The number of rotatable bonds is 8.